The molecule has 0 aliphatic heterocycles. The molecule has 6 heteroatoms. The molecular weight excluding hydrogens is 368 g/mol. The molecule has 152 valence electrons. The second kappa shape index (κ2) is 10.5. The number of aromatic nitrogens is 1. The van der Waals surface area contributed by atoms with Crippen molar-refractivity contribution in [3.8, 4) is 17.2 Å². The van der Waals surface area contributed by atoms with Gasteiger partial charge in [0.15, 0.2) is 11.5 Å². The molecule has 0 saturated heterocycles. The van der Waals surface area contributed by atoms with E-state index in [4.69, 9.17) is 14.2 Å². The minimum Gasteiger partial charge on any atom is -0.497 e. The number of ether oxygens (including phenoxy) is 3. The number of aliphatic hydroxyl groups excluding tert-OH is 1. The van der Waals surface area contributed by atoms with Crippen molar-refractivity contribution in [1.82, 2.24) is 10.3 Å². The summed E-state index contributed by atoms with van der Waals surface area (Å²) < 4.78 is 16.5. The van der Waals surface area contributed by atoms with Crippen molar-refractivity contribution in [1.29, 1.82) is 0 Å². The minimum absolute atomic E-state index is 0.412. The first kappa shape index (κ1) is 20.6. The van der Waals surface area contributed by atoms with Crippen LogP contribution >= 0.6 is 0 Å². The normalized spacial score (nSPS) is 11.7. The molecule has 1 heterocycles. The number of hydrogen-bond acceptors (Lipinski definition) is 6. The Morgan fingerprint density at radius 3 is 2.62 bits per heavy atom. The van der Waals surface area contributed by atoms with E-state index in [9.17, 15) is 5.11 Å². The third kappa shape index (κ3) is 5.94. The van der Waals surface area contributed by atoms with E-state index in [-0.39, 0.29) is 0 Å². The van der Waals surface area contributed by atoms with Crippen LogP contribution in [0.25, 0.3) is 0 Å². The lowest BCUT2D eigenvalue weighted by Crippen LogP contribution is -2.21. The second-order valence-electron chi connectivity index (χ2n) is 6.56. The fraction of sp³-hybridized carbons (Fsp3) is 0.261. The lowest BCUT2D eigenvalue weighted by molar-refractivity contribution is 0.174. The molecule has 0 aliphatic rings. The number of nitrogens with zero attached hydrogens (tertiary/aromatic N) is 1. The maximum Gasteiger partial charge on any atom is 0.161 e. The van der Waals surface area contributed by atoms with Gasteiger partial charge in [-0.05, 0) is 41.5 Å². The van der Waals surface area contributed by atoms with E-state index >= 15 is 0 Å². The van der Waals surface area contributed by atoms with Crippen LogP contribution in [0.4, 0.5) is 0 Å². The molecule has 0 fully saturated rings. The molecule has 0 aliphatic carbocycles. The molecule has 1 aromatic heterocycles. The van der Waals surface area contributed by atoms with Gasteiger partial charge in [-0.2, -0.15) is 0 Å². The molecule has 29 heavy (non-hydrogen) atoms. The van der Waals surface area contributed by atoms with Gasteiger partial charge < -0.3 is 24.6 Å². The van der Waals surface area contributed by atoms with Crippen LogP contribution in [0, 0.1) is 0 Å². The average molecular weight is 394 g/mol. The molecule has 3 rings (SSSR count). The molecule has 2 aromatic carbocycles. The van der Waals surface area contributed by atoms with Gasteiger partial charge in [0.05, 0.1) is 20.3 Å². The van der Waals surface area contributed by atoms with E-state index < -0.39 is 6.10 Å². The van der Waals surface area contributed by atoms with E-state index in [1.54, 1.807) is 26.6 Å². The van der Waals surface area contributed by atoms with Gasteiger partial charge in [-0.15, -0.1) is 0 Å². The average Bonchev–Trinajstić information content (AvgIpc) is 2.78. The van der Waals surface area contributed by atoms with Gasteiger partial charge in [0, 0.05) is 31.0 Å². The van der Waals surface area contributed by atoms with Crippen LogP contribution in [0.3, 0.4) is 0 Å². The van der Waals surface area contributed by atoms with Crippen LogP contribution in [0.5, 0.6) is 17.2 Å². The lowest BCUT2D eigenvalue weighted by Gasteiger charge is -2.15. The van der Waals surface area contributed by atoms with Gasteiger partial charge in [0.25, 0.3) is 0 Å². The SMILES string of the molecule is COc1cccc(C(O)CNCc2ccc(OC)c(OCc3cccnc3)c2)c1. The molecule has 0 bridgehead atoms. The van der Waals surface area contributed by atoms with Gasteiger partial charge in [-0.3, -0.25) is 4.98 Å². The minimum atomic E-state index is -0.621. The Hall–Kier alpha value is -3.09. The van der Waals surface area contributed by atoms with Crippen LogP contribution in [-0.2, 0) is 13.2 Å². The number of aliphatic hydroxyl groups is 1. The first-order valence-corrected chi connectivity index (χ1v) is 9.41. The highest BCUT2D eigenvalue weighted by Crippen LogP contribution is 2.29. The van der Waals surface area contributed by atoms with Crippen LogP contribution in [0.15, 0.2) is 67.0 Å². The maximum atomic E-state index is 10.4. The molecule has 3 aromatic rings. The summed E-state index contributed by atoms with van der Waals surface area (Å²) in [4.78, 5) is 4.10. The number of rotatable bonds is 10. The fourth-order valence-corrected chi connectivity index (χ4v) is 2.91. The van der Waals surface area contributed by atoms with Crippen LogP contribution < -0.4 is 19.5 Å². The quantitative estimate of drug-likeness (QED) is 0.548. The van der Waals surface area contributed by atoms with Crippen molar-refractivity contribution in [2.75, 3.05) is 20.8 Å². The number of pyridine rings is 1. The van der Waals surface area contributed by atoms with Gasteiger partial charge >= 0.3 is 0 Å². The zero-order chi connectivity index (χ0) is 20.5. The van der Waals surface area contributed by atoms with E-state index in [0.29, 0.717) is 31.2 Å². The van der Waals surface area contributed by atoms with E-state index in [2.05, 4.69) is 10.3 Å². The Morgan fingerprint density at radius 2 is 1.86 bits per heavy atom. The summed E-state index contributed by atoms with van der Waals surface area (Å²) in [5.41, 5.74) is 2.83. The predicted molar refractivity (Wildman–Crippen MR) is 111 cm³/mol. The Morgan fingerprint density at radius 1 is 0.966 bits per heavy atom. The first-order valence-electron chi connectivity index (χ1n) is 9.41. The van der Waals surface area contributed by atoms with Crippen LogP contribution in [0.1, 0.15) is 22.8 Å². The van der Waals surface area contributed by atoms with Crippen LogP contribution in [0.2, 0.25) is 0 Å². The lowest BCUT2D eigenvalue weighted by atomic mass is 10.1. The summed E-state index contributed by atoms with van der Waals surface area (Å²) in [7, 11) is 3.23. The third-order valence-corrected chi connectivity index (χ3v) is 4.49. The Bertz CT molecular complexity index is 902. The molecule has 0 spiro atoms. The Balaban J connectivity index is 1.57. The monoisotopic (exact) mass is 394 g/mol. The number of benzene rings is 2. The molecule has 2 N–H and O–H groups in total. The summed E-state index contributed by atoms with van der Waals surface area (Å²) in [5, 5.41) is 13.7. The largest absolute Gasteiger partial charge is 0.497 e. The third-order valence-electron chi connectivity index (χ3n) is 4.49. The zero-order valence-electron chi connectivity index (χ0n) is 16.7. The van der Waals surface area contributed by atoms with Crippen molar-refractivity contribution < 1.29 is 19.3 Å². The highest BCUT2D eigenvalue weighted by molar-refractivity contribution is 5.43. The fourth-order valence-electron chi connectivity index (χ4n) is 2.91. The molecular formula is C23H26N2O4. The first-order chi connectivity index (χ1) is 14.2. The van der Waals surface area contributed by atoms with E-state index in [1.165, 1.54) is 0 Å². The van der Waals surface area contributed by atoms with E-state index in [0.717, 1.165) is 22.4 Å². The van der Waals surface area contributed by atoms with Gasteiger partial charge in [0.2, 0.25) is 0 Å². The highest BCUT2D eigenvalue weighted by Gasteiger charge is 2.10. The molecule has 1 unspecified atom stereocenters. The Labute approximate surface area is 171 Å². The van der Waals surface area contributed by atoms with Gasteiger partial charge in [0.1, 0.15) is 12.4 Å². The molecule has 1 atom stereocenters. The summed E-state index contributed by atoms with van der Waals surface area (Å²) in [5.74, 6) is 2.07. The summed E-state index contributed by atoms with van der Waals surface area (Å²) in [6.45, 7) is 1.43. The summed E-state index contributed by atoms with van der Waals surface area (Å²) in [6.07, 6.45) is 2.89. The van der Waals surface area contributed by atoms with Gasteiger partial charge in [-0.1, -0.05) is 24.3 Å². The topological polar surface area (TPSA) is 72.8 Å². The van der Waals surface area contributed by atoms with Crippen molar-refractivity contribution in [2.45, 2.75) is 19.3 Å². The number of hydrogen-bond donors (Lipinski definition) is 2. The van der Waals surface area contributed by atoms with Crippen molar-refractivity contribution in [3.63, 3.8) is 0 Å². The zero-order valence-corrected chi connectivity index (χ0v) is 16.7. The van der Waals surface area contributed by atoms with Crippen molar-refractivity contribution in [3.05, 3.63) is 83.7 Å². The molecule has 0 saturated carbocycles. The van der Waals surface area contributed by atoms with E-state index in [1.807, 2.05) is 54.6 Å². The molecule has 0 amide bonds. The maximum absolute atomic E-state index is 10.4. The van der Waals surface area contributed by atoms with Gasteiger partial charge in [-0.25, -0.2) is 0 Å². The highest BCUT2D eigenvalue weighted by atomic mass is 16.5. The smallest absolute Gasteiger partial charge is 0.161 e. The standard InChI is InChI=1S/C23H26N2O4/c1-27-20-7-3-6-19(12-20)21(26)15-25-13-17-8-9-22(28-2)23(11-17)29-16-18-5-4-10-24-14-18/h3-12,14,21,25-26H,13,15-16H2,1-2H3. The summed E-state index contributed by atoms with van der Waals surface area (Å²) >= 11 is 0. The van der Waals surface area contributed by atoms with Crippen LogP contribution in [-0.4, -0.2) is 30.9 Å². The Kier molecular flexibility index (Phi) is 7.44. The number of nitrogens with one attached hydrogen (secondary N) is 1. The number of methoxy groups -OCH3 is 2. The summed E-state index contributed by atoms with van der Waals surface area (Å²) in [6, 6.07) is 17.1. The van der Waals surface area contributed by atoms with Crippen molar-refractivity contribution in [2.24, 2.45) is 0 Å². The second-order valence-corrected chi connectivity index (χ2v) is 6.56. The van der Waals surface area contributed by atoms with Crippen molar-refractivity contribution >= 4 is 0 Å². The molecule has 6 nitrogen and oxygen atoms in total. The molecule has 0 radical (unpaired) electrons. The predicted octanol–water partition coefficient (Wildman–Crippen LogP) is 3.50.